The first-order valence-electron chi connectivity index (χ1n) is 9.68. The van der Waals surface area contributed by atoms with Gasteiger partial charge in [0.15, 0.2) is 5.82 Å². The summed E-state index contributed by atoms with van der Waals surface area (Å²) in [5, 5.41) is 4.04. The summed E-state index contributed by atoms with van der Waals surface area (Å²) in [7, 11) is 0. The highest BCUT2D eigenvalue weighted by Gasteiger charge is 2.23. The van der Waals surface area contributed by atoms with Gasteiger partial charge in [0.25, 0.3) is 0 Å². The molecular formula is C24H19FN4O. The van der Waals surface area contributed by atoms with Gasteiger partial charge in [-0.05, 0) is 37.6 Å². The zero-order chi connectivity index (χ0) is 20.7. The van der Waals surface area contributed by atoms with Crippen LogP contribution in [0.3, 0.4) is 0 Å². The maximum absolute atomic E-state index is 14.9. The molecule has 148 valence electrons. The molecule has 0 aliphatic rings. The highest BCUT2D eigenvalue weighted by molar-refractivity contribution is 5.83. The molecule has 6 heteroatoms. The Morgan fingerprint density at radius 2 is 1.80 bits per heavy atom. The molecule has 0 unspecified atom stereocenters. The van der Waals surface area contributed by atoms with Crippen LogP contribution in [0.5, 0.6) is 0 Å². The molecule has 5 rings (SSSR count). The highest BCUT2D eigenvalue weighted by atomic mass is 19.1. The van der Waals surface area contributed by atoms with E-state index in [-0.39, 0.29) is 11.9 Å². The fraction of sp³-hybridized carbons (Fsp3) is 0.125. The van der Waals surface area contributed by atoms with Crippen LogP contribution in [0.4, 0.5) is 4.39 Å². The summed E-state index contributed by atoms with van der Waals surface area (Å²) in [6.07, 6.45) is 4.92. The lowest BCUT2D eigenvalue weighted by atomic mass is 10.0. The number of hydrogen-bond donors (Lipinski definition) is 0. The van der Waals surface area contributed by atoms with Crippen LogP contribution in [0, 0.1) is 19.7 Å². The van der Waals surface area contributed by atoms with Crippen molar-refractivity contribution in [2.45, 2.75) is 19.9 Å². The highest BCUT2D eigenvalue weighted by Crippen LogP contribution is 2.34. The number of rotatable bonds is 4. The molecule has 0 saturated heterocycles. The van der Waals surface area contributed by atoms with Crippen molar-refractivity contribution in [1.82, 2.24) is 19.7 Å². The van der Waals surface area contributed by atoms with E-state index in [1.165, 1.54) is 6.20 Å². The van der Waals surface area contributed by atoms with Gasteiger partial charge in [-0.1, -0.05) is 41.6 Å². The number of benzene rings is 1. The molecule has 4 heterocycles. The largest absolute Gasteiger partial charge is 0.361 e. The molecule has 0 bridgehead atoms. The maximum Gasteiger partial charge on any atom is 0.167 e. The Kier molecular flexibility index (Phi) is 4.39. The molecule has 0 fully saturated rings. The smallest absolute Gasteiger partial charge is 0.167 e. The van der Waals surface area contributed by atoms with E-state index in [0.717, 1.165) is 28.1 Å². The second-order valence-corrected chi connectivity index (χ2v) is 7.24. The fourth-order valence-electron chi connectivity index (χ4n) is 3.98. The second-order valence-electron chi connectivity index (χ2n) is 7.24. The third-order valence-electron chi connectivity index (χ3n) is 5.31. The Balaban J connectivity index is 1.77. The summed E-state index contributed by atoms with van der Waals surface area (Å²) >= 11 is 0. The molecule has 5 nitrogen and oxygen atoms in total. The monoisotopic (exact) mass is 398 g/mol. The Morgan fingerprint density at radius 1 is 1.00 bits per heavy atom. The molecule has 0 radical (unpaired) electrons. The zero-order valence-electron chi connectivity index (χ0n) is 16.6. The van der Waals surface area contributed by atoms with Crippen molar-refractivity contribution in [3.05, 3.63) is 102 Å². The Morgan fingerprint density at radius 3 is 2.50 bits per heavy atom. The molecule has 0 spiro atoms. The standard InChI is InChI=1S/C24H19FN4O/c1-15-22(16(2)30-28-15)18-12-21-23(27-13-18)19(25)14-29(21)24(17-8-4-3-5-9-17)20-10-6-7-11-26-20/h3-14,24H,1-2H3/t24-/m1/s1. The minimum Gasteiger partial charge on any atom is -0.361 e. The van der Waals surface area contributed by atoms with E-state index < -0.39 is 0 Å². The van der Waals surface area contributed by atoms with Crippen molar-refractivity contribution in [1.29, 1.82) is 0 Å². The quantitative estimate of drug-likeness (QED) is 0.402. The van der Waals surface area contributed by atoms with E-state index in [1.807, 2.05) is 73.0 Å². The molecule has 1 aromatic carbocycles. The summed E-state index contributed by atoms with van der Waals surface area (Å²) in [5.41, 5.74) is 5.33. The van der Waals surface area contributed by atoms with Crippen LogP contribution in [0.25, 0.3) is 22.2 Å². The topological polar surface area (TPSA) is 56.7 Å². The molecule has 0 amide bonds. The molecule has 5 aromatic rings. The van der Waals surface area contributed by atoms with E-state index in [1.54, 1.807) is 12.4 Å². The van der Waals surface area contributed by atoms with Crippen molar-refractivity contribution in [2.24, 2.45) is 0 Å². The van der Waals surface area contributed by atoms with Gasteiger partial charge in [-0.2, -0.15) is 0 Å². The molecule has 0 aliphatic carbocycles. The molecular weight excluding hydrogens is 379 g/mol. The number of halogens is 1. The number of aromatic nitrogens is 4. The lowest BCUT2D eigenvalue weighted by Gasteiger charge is -2.20. The van der Waals surface area contributed by atoms with E-state index in [9.17, 15) is 4.39 Å². The van der Waals surface area contributed by atoms with Crippen LogP contribution >= 0.6 is 0 Å². The third-order valence-corrected chi connectivity index (χ3v) is 5.31. The minimum absolute atomic E-state index is 0.291. The SMILES string of the molecule is Cc1noc(C)c1-c1cnc2c(F)cn([C@H](c3ccccc3)c3ccccn3)c2c1. The van der Waals surface area contributed by atoms with Gasteiger partial charge in [-0.3, -0.25) is 9.97 Å². The minimum atomic E-state index is -0.368. The number of nitrogens with zero attached hydrogens (tertiary/aromatic N) is 4. The van der Waals surface area contributed by atoms with Gasteiger partial charge in [-0.15, -0.1) is 0 Å². The summed E-state index contributed by atoms with van der Waals surface area (Å²) in [6.45, 7) is 3.75. The lowest BCUT2D eigenvalue weighted by molar-refractivity contribution is 0.393. The van der Waals surface area contributed by atoms with Crippen LogP contribution in [-0.2, 0) is 0 Å². The Bertz CT molecular complexity index is 1270. The predicted molar refractivity (Wildman–Crippen MR) is 113 cm³/mol. The first-order chi connectivity index (χ1) is 14.6. The van der Waals surface area contributed by atoms with Crippen LogP contribution in [0.1, 0.15) is 28.8 Å². The van der Waals surface area contributed by atoms with Crippen LogP contribution in [0.2, 0.25) is 0 Å². The molecule has 0 N–H and O–H groups in total. The second kappa shape index (κ2) is 7.22. The third kappa shape index (κ3) is 2.97. The number of pyridine rings is 2. The van der Waals surface area contributed by atoms with E-state index in [2.05, 4.69) is 15.1 Å². The summed E-state index contributed by atoms with van der Waals surface area (Å²) < 4.78 is 22.1. The average molecular weight is 398 g/mol. The summed E-state index contributed by atoms with van der Waals surface area (Å²) in [6, 6.07) is 17.4. The van der Waals surface area contributed by atoms with Crippen molar-refractivity contribution >= 4 is 11.0 Å². The Hall–Kier alpha value is -3.80. The van der Waals surface area contributed by atoms with Crippen molar-refractivity contribution in [3.8, 4) is 11.1 Å². The van der Waals surface area contributed by atoms with Crippen molar-refractivity contribution in [2.75, 3.05) is 0 Å². The first-order valence-corrected chi connectivity index (χ1v) is 9.68. The van der Waals surface area contributed by atoms with Gasteiger partial charge in [0.2, 0.25) is 0 Å². The van der Waals surface area contributed by atoms with Gasteiger partial charge in [0.05, 0.1) is 16.9 Å². The van der Waals surface area contributed by atoms with Crippen molar-refractivity contribution < 1.29 is 8.91 Å². The van der Waals surface area contributed by atoms with E-state index >= 15 is 0 Å². The van der Waals surface area contributed by atoms with Gasteiger partial charge >= 0.3 is 0 Å². The average Bonchev–Trinajstić information content (AvgIpc) is 3.28. The summed E-state index contributed by atoms with van der Waals surface area (Å²) in [4.78, 5) is 8.98. The fourth-order valence-corrected chi connectivity index (χ4v) is 3.98. The normalized spacial score (nSPS) is 12.4. The molecule has 0 aliphatic heterocycles. The van der Waals surface area contributed by atoms with Crippen LogP contribution < -0.4 is 0 Å². The zero-order valence-corrected chi connectivity index (χ0v) is 16.6. The Labute approximate surface area is 172 Å². The van der Waals surface area contributed by atoms with Crippen LogP contribution in [0.15, 0.2) is 77.7 Å². The number of aryl methyl sites for hydroxylation is 2. The number of hydrogen-bond acceptors (Lipinski definition) is 4. The van der Waals surface area contributed by atoms with E-state index in [4.69, 9.17) is 4.52 Å². The van der Waals surface area contributed by atoms with Gasteiger partial charge in [0.1, 0.15) is 17.3 Å². The lowest BCUT2D eigenvalue weighted by Crippen LogP contribution is -2.13. The van der Waals surface area contributed by atoms with E-state index in [0.29, 0.717) is 16.8 Å². The van der Waals surface area contributed by atoms with Crippen molar-refractivity contribution in [3.63, 3.8) is 0 Å². The van der Waals surface area contributed by atoms with Gasteiger partial charge in [-0.25, -0.2) is 4.39 Å². The maximum atomic E-state index is 14.9. The van der Waals surface area contributed by atoms with Gasteiger partial charge in [0, 0.05) is 29.7 Å². The van der Waals surface area contributed by atoms with Crippen LogP contribution in [-0.4, -0.2) is 19.7 Å². The summed E-state index contributed by atoms with van der Waals surface area (Å²) in [5.74, 6) is 0.337. The first kappa shape index (κ1) is 18.2. The predicted octanol–water partition coefficient (Wildman–Crippen LogP) is 5.48. The molecule has 4 aromatic heterocycles. The molecule has 0 saturated carbocycles. The number of fused-ring (bicyclic) bond motifs is 1. The molecule has 1 atom stereocenters. The molecule has 30 heavy (non-hydrogen) atoms. The van der Waals surface area contributed by atoms with Gasteiger partial charge < -0.3 is 9.09 Å².